The van der Waals surface area contributed by atoms with Crippen molar-refractivity contribution in [3.63, 3.8) is 0 Å². The molecule has 1 nitrogen and oxygen atoms in total. The lowest BCUT2D eigenvalue weighted by molar-refractivity contribution is 1.03. The molecule has 1 aromatic rings. The van der Waals surface area contributed by atoms with Gasteiger partial charge in [0, 0.05) is 17.9 Å². The van der Waals surface area contributed by atoms with Crippen molar-refractivity contribution in [2.45, 2.75) is 20.8 Å². The van der Waals surface area contributed by atoms with E-state index in [1.165, 1.54) is 11.3 Å². The van der Waals surface area contributed by atoms with Crippen LogP contribution >= 0.6 is 0 Å². The van der Waals surface area contributed by atoms with E-state index >= 15 is 0 Å². The number of hydrogen-bond acceptors (Lipinski definition) is 1. The summed E-state index contributed by atoms with van der Waals surface area (Å²) in [6, 6.07) is 8.41. The second-order valence-electron chi connectivity index (χ2n) is 4.67. The second kappa shape index (κ2) is 9.60. The Labute approximate surface area is 129 Å². The minimum absolute atomic E-state index is 0.810. The van der Waals surface area contributed by atoms with Crippen molar-refractivity contribution in [1.29, 1.82) is 0 Å². The molecule has 0 aliphatic heterocycles. The number of benzene rings is 1. The smallest absolute Gasteiger partial charge is 0.0443 e. The average molecular weight is 279 g/mol. The molecule has 1 aromatic carbocycles. The number of anilines is 1. The SMILES string of the molecule is C=C/C(=C\C=C/C)N(C/C=C\C=C/C)c1ccccc1C. The van der Waals surface area contributed by atoms with Gasteiger partial charge in [0.05, 0.1) is 0 Å². The summed E-state index contributed by atoms with van der Waals surface area (Å²) in [5.41, 5.74) is 3.55. The zero-order valence-corrected chi connectivity index (χ0v) is 13.3. The molecule has 21 heavy (non-hydrogen) atoms. The summed E-state index contributed by atoms with van der Waals surface area (Å²) in [5, 5.41) is 0. The van der Waals surface area contributed by atoms with Gasteiger partial charge in [0.2, 0.25) is 0 Å². The lowest BCUT2D eigenvalue weighted by Crippen LogP contribution is -2.22. The van der Waals surface area contributed by atoms with Gasteiger partial charge in [0.25, 0.3) is 0 Å². The van der Waals surface area contributed by atoms with Crippen LogP contribution in [0.2, 0.25) is 0 Å². The summed E-state index contributed by atoms with van der Waals surface area (Å²) in [7, 11) is 0. The quantitative estimate of drug-likeness (QED) is 0.589. The van der Waals surface area contributed by atoms with Gasteiger partial charge in [-0.1, -0.05) is 61.2 Å². The first-order valence-electron chi connectivity index (χ1n) is 7.31. The van der Waals surface area contributed by atoms with E-state index in [0.717, 1.165) is 12.2 Å². The van der Waals surface area contributed by atoms with Gasteiger partial charge in [-0.25, -0.2) is 0 Å². The third kappa shape index (κ3) is 5.31. The first-order valence-corrected chi connectivity index (χ1v) is 7.31. The van der Waals surface area contributed by atoms with E-state index in [-0.39, 0.29) is 0 Å². The van der Waals surface area contributed by atoms with Crippen molar-refractivity contribution in [3.05, 3.63) is 90.7 Å². The van der Waals surface area contributed by atoms with Crippen LogP contribution in [0.4, 0.5) is 5.69 Å². The summed E-state index contributed by atoms with van der Waals surface area (Å²) < 4.78 is 0. The van der Waals surface area contributed by atoms with Crippen LogP contribution in [0.5, 0.6) is 0 Å². The Morgan fingerprint density at radius 2 is 1.81 bits per heavy atom. The molecule has 0 spiro atoms. The van der Waals surface area contributed by atoms with Crippen LogP contribution in [0, 0.1) is 6.92 Å². The summed E-state index contributed by atoms with van der Waals surface area (Å²) in [4.78, 5) is 2.27. The maximum Gasteiger partial charge on any atom is 0.0443 e. The van der Waals surface area contributed by atoms with Crippen molar-refractivity contribution < 1.29 is 0 Å². The fraction of sp³-hybridized carbons (Fsp3) is 0.200. The fourth-order valence-electron chi connectivity index (χ4n) is 2.03. The summed E-state index contributed by atoms with van der Waals surface area (Å²) >= 11 is 0. The molecule has 1 rings (SSSR count). The minimum atomic E-state index is 0.810. The van der Waals surface area contributed by atoms with Crippen LogP contribution in [0.25, 0.3) is 0 Å². The molecule has 0 N–H and O–H groups in total. The zero-order chi connectivity index (χ0) is 15.5. The van der Waals surface area contributed by atoms with E-state index in [2.05, 4.69) is 60.9 Å². The molecular weight excluding hydrogens is 254 g/mol. The fourth-order valence-corrected chi connectivity index (χ4v) is 2.03. The largest absolute Gasteiger partial charge is 0.337 e. The highest BCUT2D eigenvalue weighted by Gasteiger charge is 2.09. The van der Waals surface area contributed by atoms with E-state index in [1.54, 1.807) is 0 Å². The van der Waals surface area contributed by atoms with Gasteiger partial charge in [-0.15, -0.1) is 0 Å². The Kier molecular flexibility index (Phi) is 7.67. The van der Waals surface area contributed by atoms with Crippen LogP contribution < -0.4 is 4.90 Å². The van der Waals surface area contributed by atoms with Crippen LogP contribution in [0.1, 0.15) is 19.4 Å². The standard InChI is InChI=1S/C20H25N/c1-5-8-10-13-17-21(19(7-3)15-9-6-2)20-16-12-11-14-18(20)4/h5-16H,3,17H2,1-2,4H3/b8-5-,9-6-,13-10-,19-15+. The van der Waals surface area contributed by atoms with Gasteiger partial charge in [-0.2, -0.15) is 0 Å². The molecule has 0 bridgehead atoms. The van der Waals surface area contributed by atoms with E-state index < -0.39 is 0 Å². The number of allylic oxidation sites excluding steroid dienone is 7. The normalized spacial score (nSPS) is 12.6. The first-order chi connectivity index (χ1) is 10.2. The van der Waals surface area contributed by atoms with Gasteiger partial charge < -0.3 is 4.90 Å². The van der Waals surface area contributed by atoms with Crippen LogP contribution in [0.3, 0.4) is 0 Å². The molecule has 0 aromatic heterocycles. The predicted molar refractivity (Wildman–Crippen MR) is 95.6 cm³/mol. The molecule has 0 saturated heterocycles. The van der Waals surface area contributed by atoms with Crippen LogP contribution in [-0.4, -0.2) is 6.54 Å². The van der Waals surface area contributed by atoms with Crippen molar-refractivity contribution >= 4 is 5.69 Å². The van der Waals surface area contributed by atoms with Crippen LogP contribution in [-0.2, 0) is 0 Å². The summed E-state index contributed by atoms with van der Waals surface area (Å²) in [5.74, 6) is 0. The van der Waals surface area contributed by atoms with E-state index in [9.17, 15) is 0 Å². The Hall–Kier alpha value is -2.28. The number of hydrogen-bond donors (Lipinski definition) is 0. The molecule has 0 saturated carbocycles. The molecule has 0 atom stereocenters. The van der Waals surface area contributed by atoms with Crippen LogP contribution in [0.15, 0.2) is 85.1 Å². The number of rotatable bonds is 7. The maximum absolute atomic E-state index is 3.95. The molecule has 0 fully saturated rings. The van der Waals surface area contributed by atoms with Gasteiger partial charge in [-0.3, -0.25) is 0 Å². The first kappa shape index (κ1) is 16.8. The summed E-state index contributed by atoms with van der Waals surface area (Å²) in [6.45, 7) is 10.9. The Balaban J connectivity index is 3.16. The van der Waals surface area contributed by atoms with E-state index in [1.807, 2.05) is 44.2 Å². The Morgan fingerprint density at radius 1 is 1.10 bits per heavy atom. The number of aryl methyl sites for hydroxylation is 1. The average Bonchev–Trinajstić information content (AvgIpc) is 2.50. The Bertz CT molecular complexity index is 559. The van der Waals surface area contributed by atoms with Gasteiger partial charge in [0.1, 0.15) is 0 Å². The van der Waals surface area contributed by atoms with Crippen molar-refractivity contribution in [1.82, 2.24) is 0 Å². The highest BCUT2D eigenvalue weighted by atomic mass is 15.1. The van der Waals surface area contributed by atoms with Gasteiger partial charge in [0.15, 0.2) is 0 Å². The lowest BCUT2D eigenvalue weighted by atomic mass is 10.1. The predicted octanol–water partition coefficient (Wildman–Crippen LogP) is 5.58. The molecule has 0 aliphatic carbocycles. The molecule has 0 amide bonds. The highest BCUT2D eigenvalue weighted by Crippen LogP contribution is 2.24. The molecule has 0 radical (unpaired) electrons. The number of nitrogens with zero attached hydrogens (tertiary/aromatic N) is 1. The molecule has 110 valence electrons. The second-order valence-corrected chi connectivity index (χ2v) is 4.67. The van der Waals surface area contributed by atoms with Gasteiger partial charge >= 0.3 is 0 Å². The molecular formula is C20H25N. The molecule has 0 unspecified atom stereocenters. The van der Waals surface area contributed by atoms with Crippen molar-refractivity contribution in [2.75, 3.05) is 11.4 Å². The van der Waals surface area contributed by atoms with Crippen molar-refractivity contribution in [3.8, 4) is 0 Å². The van der Waals surface area contributed by atoms with E-state index in [0.29, 0.717) is 0 Å². The highest BCUT2D eigenvalue weighted by molar-refractivity contribution is 5.60. The van der Waals surface area contributed by atoms with Crippen molar-refractivity contribution in [2.24, 2.45) is 0 Å². The third-order valence-electron chi connectivity index (χ3n) is 3.11. The zero-order valence-electron chi connectivity index (χ0n) is 13.3. The number of para-hydroxylation sites is 1. The van der Waals surface area contributed by atoms with Gasteiger partial charge in [-0.05, 0) is 44.6 Å². The summed E-state index contributed by atoms with van der Waals surface area (Å²) in [6.07, 6.45) is 16.3. The third-order valence-corrected chi connectivity index (χ3v) is 3.11. The maximum atomic E-state index is 3.95. The lowest BCUT2D eigenvalue weighted by Gasteiger charge is -2.26. The topological polar surface area (TPSA) is 3.24 Å². The minimum Gasteiger partial charge on any atom is -0.337 e. The monoisotopic (exact) mass is 279 g/mol. The molecule has 0 heterocycles. The molecule has 1 heteroatoms. The molecule has 0 aliphatic rings. The van der Waals surface area contributed by atoms with E-state index in [4.69, 9.17) is 0 Å². The Morgan fingerprint density at radius 3 is 2.43 bits per heavy atom.